The summed E-state index contributed by atoms with van der Waals surface area (Å²) in [6, 6.07) is -7.95. The first kappa shape index (κ1) is 115. The molecule has 0 radical (unpaired) electrons. The van der Waals surface area contributed by atoms with Gasteiger partial charge in [0.1, 0.15) is 250 Å². The molecule has 800 valence electrons. The van der Waals surface area contributed by atoms with E-state index in [1.807, 2.05) is 0 Å². The van der Waals surface area contributed by atoms with E-state index in [9.17, 15) is 187 Å². The molecule has 61 nitrogen and oxygen atoms in total. The minimum Gasteiger partial charge on any atom is -0.477 e. The van der Waals surface area contributed by atoms with Crippen molar-refractivity contribution in [3.63, 3.8) is 0 Å². The van der Waals surface area contributed by atoms with Crippen LogP contribution in [0.5, 0.6) is 0 Å². The van der Waals surface area contributed by atoms with E-state index in [2.05, 4.69) is 21.3 Å². The number of carboxylic acid groups (broad SMARTS) is 1. The van der Waals surface area contributed by atoms with Crippen molar-refractivity contribution in [1.82, 2.24) is 21.3 Å². The van der Waals surface area contributed by atoms with Crippen molar-refractivity contribution in [2.45, 2.75) is 385 Å². The second-order valence-corrected chi connectivity index (χ2v) is 35.0. The lowest BCUT2D eigenvalue weighted by atomic mass is 9.88. The Balaban J connectivity index is 0.924. The SMILES string of the molecule is CC(=O)N[C@H]1[C@H](OC[C@H]2O[C@@H](O[C@@H]([C@H](O)[C@@H](O)CO)[C@H](O)CO)[C@H](O)[C@@H](O[C@@H]3O[C@H](CO)[C@@H](O[C@@H]4O[C@@H](C)[C@@H](O)[C@@H](O)[C@@H]4O)[C@H](O[C@@H]4O[C@H](CO)[C@H](O)[C@H](O)[C@H]4O[C@@H]4O[C@@H](C)[C@@H](O)[C@@H](O)[C@@H]4O)[C@H]3NC(C)=O)[C@H]2O)O[C@H](CO)[C@@H](O[C@@H]2O[C@H](CO)[C@H](O)[C@H](O[C@@H]3O[C@H](CO)[C@@H](O)[C@H](O[C@@H]4O[C@H](CO[C@]5(C(=O)O)C[C@H](O)[C@@H](NC(C)=O)[C@H]([C@H](O)[C@H](O)CO)O5)[C@H](O)[C@H](O)[C@H]4O)[C@H]3NC(C)=O)[C@H]2O)[C@@H]1O. The van der Waals surface area contributed by atoms with Crippen LogP contribution in [0.3, 0.4) is 0 Å². The molecule has 0 unspecified atom stereocenters. The van der Waals surface area contributed by atoms with E-state index < -0.39 is 439 Å². The first-order chi connectivity index (χ1) is 65.0. The smallest absolute Gasteiger partial charge is 0.364 e. The number of carboxylic acids is 1. The third kappa shape index (κ3) is 25.7. The average molecular weight is 2020 g/mol. The fourth-order valence-corrected chi connectivity index (χ4v) is 17.5. The van der Waals surface area contributed by atoms with E-state index in [1.165, 1.54) is 13.8 Å². The summed E-state index contributed by atoms with van der Waals surface area (Å²) in [6.07, 6.45) is -110. The molecule has 36 N–H and O–H groups in total. The lowest BCUT2D eigenvalue weighted by Crippen LogP contribution is -2.71. The maximum absolute atomic E-state index is 13.7. The second-order valence-electron chi connectivity index (χ2n) is 35.0. The van der Waals surface area contributed by atoms with Gasteiger partial charge in [-0.25, -0.2) is 4.79 Å². The molecule has 0 aromatic carbocycles. The number of aliphatic hydroxyl groups is 31. The van der Waals surface area contributed by atoms with Crippen molar-refractivity contribution >= 4 is 29.6 Å². The van der Waals surface area contributed by atoms with Crippen LogP contribution in [0.25, 0.3) is 0 Å². The number of aliphatic hydroxyl groups excluding tert-OH is 31. The number of ether oxygens (including phenoxy) is 20. The number of nitrogens with one attached hydrogen (secondary N) is 4. The highest BCUT2D eigenvalue weighted by Gasteiger charge is 2.64. The molecule has 10 heterocycles. The van der Waals surface area contributed by atoms with Crippen LogP contribution in [0.15, 0.2) is 0 Å². The van der Waals surface area contributed by atoms with Crippen LogP contribution < -0.4 is 21.3 Å². The highest BCUT2D eigenvalue weighted by Crippen LogP contribution is 2.43. The lowest BCUT2D eigenvalue weighted by molar-refractivity contribution is -0.400. The van der Waals surface area contributed by atoms with Gasteiger partial charge in [0.2, 0.25) is 23.6 Å². The molecule has 55 atom stereocenters. The summed E-state index contributed by atoms with van der Waals surface area (Å²) in [6.45, 7) is -6.38. The van der Waals surface area contributed by atoms with Crippen LogP contribution in [-0.4, -0.2) is 596 Å². The first-order valence-corrected chi connectivity index (χ1v) is 43.9. The molecule has 0 saturated carbocycles. The minimum atomic E-state index is -3.11. The summed E-state index contributed by atoms with van der Waals surface area (Å²) in [4.78, 5) is 65.4. The number of amides is 4. The van der Waals surface area contributed by atoms with Crippen molar-refractivity contribution in [3.8, 4) is 0 Å². The molecule has 0 aromatic heterocycles. The third-order valence-corrected chi connectivity index (χ3v) is 25.1. The van der Waals surface area contributed by atoms with Gasteiger partial charge in [0, 0.05) is 34.1 Å². The van der Waals surface area contributed by atoms with Gasteiger partial charge >= 0.3 is 5.97 Å². The largest absolute Gasteiger partial charge is 0.477 e. The monoisotopic (exact) mass is 2020 g/mol. The Morgan fingerprint density at radius 2 is 0.688 bits per heavy atom. The van der Waals surface area contributed by atoms with Gasteiger partial charge in [0.25, 0.3) is 5.79 Å². The standard InChI is InChI=1S/C77H130N4O57/c1-18-39(98)49(108)53(112)70(121-18)132-60-32(15-89)127-69(38(81-23(6)93)63(60)134-75-66(52(111)43(102)28(11-85)125-75)137-71-54(113)50(109)40(99)19(2)122-71)136-65-47(106)33(128-74(57(65)116)130-58(27(97)10-84)41(100)25(95)8-82)16-119-67-36(79-21(4)91)48(107)59(31(14-88)126-67)131-73-56(115)64(46(105)30(13-87)124-73)135-68-37(80-22(5)92)61(45(104)29(12-86)123-68)133-72-55(114)51(110)44(103)34(129-72)17-120-77(76(117)118)7-24(94)35(78-20(3)90)62(138-77)42(101)26(96)9-83/h18-19,24-75,82-89,94-116H,7-17H2,1-6H3,(H,78,90)(H,79,91)(H,80,92)(H,81,93)(H,117,118)/t18-,19-,24-,25-,26+,27+,28+,29+,30+,31+,32+,33+,34+,35+,36+,37+,38+,39+,40+,41+,42+,43-,44-,45+,46-,47-,48+,49+,50+,51-,52-,53-,54-,55+,56+,57+,58+,59+,60+,61+,62+,63+,64-,65-,66+,67+,68-,69-,70-,71-,72-,73-,74-,75-,77+/m0/s1. The van der Waals surface area contributed by atoms with Gasteiger partial charge in [-0.1, -0.05) is 0 Å². The van der Waals surface area contributed by atoms with Crippen LogP contribution in [-0.2, 0) is 119 Å². The zero-order valence-electron chi connectivity index (χ0n) is 74.5. The number of aliphatic carboxylic acids is 1. The highest BCUT2D eigenvalue weighted by molar-refractivity contribution is 5.77. The van der Waals surface area contributed by atoms with Gasteiger partial charge in [-0.3, -0.25) is 19.2 Å². The zero-order chi connectivity index (χ0) is 102. The molecule has 61 heteroatoms. The Labute approximate surface area is 781 Å². The van der Waals surface area contributed by atoms with Crippen molar-refractivity contribution in [2.24, 2.45) is 0 Å². The Morgan fingerprint density at radius 3 is 1.20 bits per heavy atom. The molecule has 4 amide bonds. The molecule has 138 heavy (non-hydrogen) atoms. The topological polar surface area (TPSA) is 965 Å². The maximum atomic E-state index is 13.7. The fraction of sp³-hybridized carbons (Fsp3) is 0.935. The maximum Gasteiger partial charge on any atom is 0.364 e. The number of rotatable bonds is 40. The van der Waals surface area contributed by atoms with Crippen molar-refractivity contribution in [3.05, 3.63) is 0 Å². The second kappa shape index (κ2) is 50.1. The molecule has 0 bridgehead atoms. The molecule has 10 saturated heterocycles. The van der Waals surface area contributed by atoms with Crippen LogP contribution in [0.4, 0.5) is 0 Å². The third-order valence-electron chi connectivity index (χ3n) is 25.1. The number of carbonyl (C=O) groups is 5. The predicted octanol–water partition coefficient (Wildman–Crippen LogP) is -23.5. The molecule has 0 spiro atoms. The zero-order valence-corrected chi connectivity index (χ0v) is 74.5. The number of hydrogen-bond acceptors (Lipinski definition) is 56. The summed E-state index contributed by atoms with van der Waals surface area (Å²) in [5.74, 6) is -9.17. The van der Waals surface area contributed by atoms with Crippen molar-refractivity contribution in [1.29, 1.82) is 0 Å². The molecule has 0 aromatic rings. The molecular weight excluding hydrogens is 1890 g/mol. The summed E-state index contributed by atoms with van der Waals surface area (Å²) < 4.78 is 119. The van der Waals surface area contributed by atoms with E-state index >= 15 is 0 Å². The van der Waals surface area contributed by atoms with Gasteiger partial charge in [-0.15, -0.1) is 0 Å². The van der Waals surface area contributed by atoms with Gasteiger partial charge in [-0.2, -0.15) is 0 Å². The average Bonchev–Trinajstić information content (AvgIpc) is 0.743. The quantitative estimate of drug-likeness (QED) is 0.0271. The summed E-state index contributed by atoms with van der Waals surface area (Å²) in [7, 11) is 0. The van der Waals surface area contributed by atoms with Gasteiger partial charge < -0.3 is 279 Å². The summed E-state index contributed by atoms with van der Waals surface area (Å²) >= 11 is 0. The lowest BCUT2D eigenvalue weighted by Gasteiger charge is -2.52. The van der Waals surface area contributed by atoms with E-state index in [0.717, 1.165) is 27.7 Å². The molecule has 10 fully saturated rings. The van der Waals surface area contributed by atoms with Crippen LogP contribution in [0.2, 0.25) is 0 Å². The molecule has 10 aliphatic heterocycles. The van der Waals surface area contributed by atoms with E-state index in [1.54, 1.807) is 0 Å². The van der Waals surface area contributed by atoms with Crippen LogP contribution >= 0.6 is 0 Å². The van der Waals surface area contributed by atoms with Gasteiger partial charge in [0.05, 0.1) is 90.4 Å². The molecule has 10 rings (SSSR count). The first-order valence-electron chi connectivity index (χ1n) is 43.9. The normalized spacial score (nSPS) is 46.7. The minimum absolute atomic E-state index is 0.851. The van der Waals surface area contributed by atoms with Gasteiger partial charge in [-0.05, 0) is 13.8 Å². The van der Waals surface area contributed by atoms with Crippen LogP contribution in [0, 0.1) is 0 Å². The highest BCUT2D eigenvalue weighted by atomic mass is 16.8. The Kier molecular flexibility index (Phi) is 41.9. The van der Waals surface area contributed by atoms with E-state index in [-0.39, 0.29) is 0 Å². The van der Waals surface area contributed by atoms with E-state index in [0.29, 0.717) is 0 Å². The predicted molar refractivity (Wildman–Crippen MR) is 425 cm³/mol. The Hall–Kier alpha value is -4.69. The Bertz CT molecular complexity index is 3800. The van der Waals surface area contributed by atoms with Crippen molar-refractivity contribution < 1.29 is 282 Å². The summed E-state index contributed by atoms with van der Waals surface area (Å²) in [5.41, 5.74) is 0. The number of carbonyl (C=O) groups excluding carboxylic acids is 4. The number of hydrogen-bond donors (Lipinski definition) is 36. The van der Waals surface area contributed by atoms with Crippen molar-refractivity contribution in [2.75, 3.05) is 66.1 Å². The fourth-order valence-electron chi connectivity index (χ4n) is 17.5. The summed E-state index contributed by atoms with van der Waals surface area (Å²) in [5, 5.41) is 366. The Morgan fingerprint density at radius 1 is 0.326 bits per heavy atom. The molecule has 0 aliphatic carbocycles. The van der Waals surface area contributed by atoms with Gasteiger partial charge in [0.15, 0.2) is 56.6 Å². The van der Waals surface area contributed by atoms with E-state index in [4.69, 9.17) is 94.7 Å². The van der Waals surface area contributed by atoms with Crippen LogP contribution in [0.1, 0.15) is 48.0 Å². The molecular formula is C77H130N4O57. The molecule has 10 aliphatic rings.